The molecule has 0 aliphatic carbocycles. The highest BCUT2D eigenvalue weighted by Gasteiger charge is 2.06. The molecular weight excluding hydrogens is 176 g/mol. The number of methoxy groups -OCH3 is 1. The summed E-state index contributed by atoms with van der Waals surface area (Å²) >= 11 is 0. The predicted octanol–water partition coefficient (Wildman–Crippen LogP) is 1.15. The molecule has 0 amide bonds. The van der Waals surface area contributed by atoms with Crippen molar-refractivity contribution in [2.45, 2.75) is 13.3 Å². The van der Waals surface area contributed by atoms with E-state index in [1.54, 1.807) is 7.11 Å². The first-order chi connectivity index (χ1) is 6.56. The topological polar surface area (TPSA) is 15.7 Å². The molecular formula is C11H26N2O. The molecule has 0 heterocycles. The van der Waals surface area contributed by atoms with Gasteiger partial charge in [-0.2, -0.15) is 0 Å². The fourth-order valence-electron chi connectivity index (χ4n) is 1.44. The van der Waals surface area contributed by atoms with Crippen LogP contribution >= 0.6 is 0 Å². The van der Waals surface area contributed by atoms with Gasteiger partial charge < -0.3 is 14.5 Å². The van der Waals surface area contributed by atoms with Gasteiger partial charge >= 0.3 is 0 Å². The third-order valence-electron chi connectivity index (χ3n) is 2.37. The summed E-state index contributed by atoms with van der Waals surface area (Å²) in [5.41, 5.74) is 0. The van der Waals surface area contributed by atoms with Crippen molar-refractivity contribution in [3.8, 4) is 0 Å². The number of hydrogen-bond acceptors (Lipinski definition) is 3. The molecule has 0 fully saturated rings. The molecule has 0 aromatic carbocycles. The summed E-state index contributed by atoms with van der Waals surface area (Å²) in [4.78, 5) is 4.58. The van der Waals surface area contributed by atoms with Gasteiger partial charge in [0, 0.05) is 20.2 Å². The highest BCUT2D eigenvalue weighted by atomic mass is 16.5. The van der Waals surface area contributed by atoms with Gasteiger partial charge in [0.1, 0.15) is 0 Å². The van der Waals surface area contributed by atoms with Crippen LogP contribution in [0.15, 0.2) is 0 Å². The van der Waals surface area contributed by atoms with Crippen molar-refractivity contribution >= 4 is 0 Å². The summed E-state index contributed by atoms with van der Waals surface area (Å²) in [5, 5.41) is 0. The maximum atomic E-state index is 5.04. The van der Waals surface area contributed by atoms with Crippen LogP contribution in [0.25, 0.3) is 0 Å². The molecule has 3 nitrogen and oxygen atoms in total. The van der Waals surface area contributed by atoms with Crippen LogP contribution in [0, 0.1) is 5.92 Å². The van der Waals surface area contributed by atoms with Crippen molar-refractivity contribution in [1.29, 1.82) is 0 Å². The lowest BCUT2D eigenvalue weighted by atomic mass is 10.1. The molecule has 0 radical (unpaired) electrons. The van der Waals surface area contributed by atoms with E-state index < -0.39 is 0 Å². The predicted molar refractivity (Wildman–Crippen MR) is 61.7 cm³/mol. The van der Waals surface area contributed by atoms with Crippen molar-refractivity contribution in [2.75, 3.05) is 54.5 Å². The van der Waals surface area contributed by atoms with Gasteiger partial charge in [-0.1, -0.05) is 6.92 Å². The van der Waals surface area contributed by atoms with E-state index in [9.17, 15) is 0 Å². The first kappa shape index (κ1) is 13.9. The molecule has 0 bridgehead atoms. The van der Waals surface area contributed by atoms with Crippen molar-refractivity contribution in [3.05, 3.63) is 0 Å². The Balaban J connectivity index is 3.44. The second kappa shape index (κ2) is 8.21. The van der Waals surface area contributed by atoms with E-state index in [1.165, 1.54) is 13.0 Å². The minimum absolute atomic E-state index is 0.763. The van der Waals surface area contributed by atoms with Gasteiger partial charge in [-0.3, -0.25) is 0 Å². The van der Waals surface area contributed by atoms with Crippen LogP contribution in [0.3, 0.4) is 0 Å². The van der Waals surface area contributed by atoms with Crippen molar-refractivity contribution in [2.24, 2.45) is 5.92 Å². The maximum absolute atomic E-state index is 5.04. The van der Waals surface area contributed by atoms with Crippen LogP contribution in [-0.2, 0) is 4.74 Å². The number of hydrogen-bond donors (Lipinski definition) is 0. The van der Waals surface area contributed by atoms with E-state index in [0.29, 0.717) is 0 Å². The van der Waals surface area contributed by atoms with Gasteiger partial charge in [-0.05, 0) is 40.0 Å². The molecule has 86 valence electrons. The SMILES string of the molecule is COCCN(C)CC(C)CCN(C)C. The van der Waals surface area contributed by atoms with E-state index in [4.69, 9.17) is 4.74 Å². The molecule has 3 heteroatoms. The first-order valence-corrected chi connectivity index (χ1v) is 5.38. The monoisotopic (exact) mass is 202 g/mol. The quantitative estimate of drug-likeness (QED) is 0.587. The second-order valence-electron chi connectivity index (χ2n) is 4.45. The van der Waals surface area contributed by atoms with Crippen LogP contribution < -0.4 is 0 Å². The molecule has 0 saturated carbocycles. The summed E-state index contributed by atoms with van der Waals surface area (Å²) < 4.78 is 5.04. The minimum atomic E-state index is 0.763. The molecule has 0 aromatic rings. The summed E-state index contributed by atoms with van der Waals surface area (Å²) in [5.74, 6) is 0.763. The highest BCUT2D eigenvalue weighted by Crippen LogP contribution is 2.04. The van der Waals surface area contributed by atoms with Gasteiger partial charge in [-0.15, -0.1) is 0 Å². The van der Waals surface area contributed by atoms with Crippen molar-refractivity contribution in [3.63, 3.8) is 0 Å². The highest BCUT2D eigenvalue weighted by molar-refractivity contribution is 4.60. The summed E-state index contributed by atoms with van der Waals surface area (Å²) in [6.07, 6.45) is 1.27. The maximum Gasteiger partial charge on any atom is 0.0589 e. The Morgan fingerprint density at radius 3 is 2.29 bits per heavy atom. The molecule has 0 aliphatic rings. The van der Waals surface area contributed by atoms with Gasteiger partial charge in [0.2, 0.25) is 0 Å². The van der Waals surface area contributed by atoms with E-state index in [1.807, 2.05) is 0 Å². The zero-order valence-electron chi connectivity index (χ0n) is 10.4. The van der Waals surface area contributed by atoms with Gasteiger partial charge in [0.15, 0.2) is 0 Å². The Labute approximate surface area is 89.0 Å². The fraction of sp³-hybridized carbons (Fsp3) is 1.00. The third-order valence-corrected chi connectivity index (χ3v) is 2.37. The molecule has 1 unspecified atom stereocenters. The van der Waals surface area contributed by atoms with E-state index in [0.717, 1.165) is 25.6 Å². The second-order valence-corrected chi connectivity index (χ2v) is 4.45. The molecule has 0 spiro atoms. The van der Waals surface area contributed by atoms with Crippen LogP contribution in [0.4, 0.5) is 0 Å². The molecule has 14 heavy (non-hydrogen) atoms. The third kappa shape index (κ3) is 8.48. The summed E-state index contributed by atoms with van der Waals surface area (Å²) in [6, 6.07) is 0. The lowest BCUT2D eigenvalue weighted by Gasteiger charge is -2.22. The molecule has 0 aromatic heterocycles. The molecule has 1 atom stereocenters. The standard InChI is InChI=1S/C11H26N2O/c1-11(6-7-12(2)3)10-13(4)8-9-14-5/h11H,6-10H2,1-5H3. The smallest absolute Gasteiger partial charge is 0.0589 e. The van der Waals surface area contributed by atoms with Crippen molar-refractivity contribution in [1.82, 2.24) is 9.80 Å². The van der Waals surface area contributed by atoms with E-state index in [-0.39, 0.29) is 0 Å². The van der Waals surface area contributed by atoms with Crippen molar-refractivity contribution < 1.29 is 4.74 Å². The van der Waals surface area contributed by atoms with Gasteiger partial charge in [0.05, 0.1) is 6.61 Å². The number of ether oxygens (including phenoxy) is 1. The average Bonchev–Trinajstić information content (AvgIpc) is 2.11. The Kier molecular flexibility index (Phi) is 8.14. The molecule has 0 aliphatic heterocycles. The number of rotatable bonds is 8. The fourth-order valence-corrected chi connectivity index (χ4v) is 1.44. The first-order valence-electron chi connectivity index (χ1n) is 5.38. The Morgan fingerprint density at radius 1 is 1.14 bits per heavy atom. The van der Waals surface area contributed by atoms with Gasteiger partial charge in [-0.25, -0.2) is 0 Å². The van der Waals surface area contributed by atoms with Gasteiger partial charge in [0.25, 0.3) is 0 Å². The van der Waals surface area contributed by atoms with E-state index >= 15 is 0 Å². The molecule has 0 rings (SSSR count). The largest absolute Gasteiger partial charge is 0.383 e. The zero-order valence-corrected chi connectivity index (χ0v) is 10.4. The summed E-state index contributed by atoms with van der Waals surface area (Å²) in [7, 11) is 8.16. The van der Waals surface area contributed by atoms with Crippen LogP contribution in [-0.4, -0.2) is 64.3 Å². The Hall–Kier alpha value is -0.120. The average molecular weight is 202 g/mol. The zero-order chi connectivity index (χ0) is 11.0. The lowest BCUT2D eigenvalue weighted by Crippen LogP contribution is -2.29. The van der Waals surface area contributed by atoms with Crippen LogP contribution in [0.2, 0.25) is 0 Å². The molecule has 0 saturated heterocycles. The Morgan fingerprint density at radius 2 is 1.79 bits per heavy atom. The Bertz CT molecular complexity index is 128. The molecule has 0 N–H and O–H groups in total. The normalized spacial score (nSPS) is 13.9. The van der Waals surface area contributed by atoms with Crippen LogP contribution in [0.1, 0.15) is 13.3 Å². The number of nitrogens with zero attached hydrogens (tertiary/aromatic N) is 2. The van der Waals surface area contributed by atoms with Crippen LogP contribution in [0.5, 0.6) is 0 Å². The van der Waals surface area contributed by atoms with E-state index in [2.05, 4.69) is 37.9 Å². The summed E-state index contributed by atoms with van der Waals surface area (Å²) in [6.45, 7) is 6.52. The number of likely N-dealkylation sites (N-methyl/N-ethyl adjacent to an activating group) is 1. The minimum Gasteiger partial charge on any atom is -0.383 e. The lowest BCUT2D eigenvalue weighted by molar-refractivity contribution is 0.151.